The molecule has 0 saturated carbocycles. The average molecular weight is 239 g/mol. The van der Waals surface area contributed by atoms with Crippen molar-refractivity contribution in [2.75, 3.05) is 18.0 Å². The van der Waals surface area contributed by atoms with Gasteiger partial charge in [-0.1, -0.05) is 0 Å². The fraction of sp³-hybridized carbons (Fsp3) is 0.300. The van der Waals surface area contributed by atoms with Crippen LogP contribution in [0.1, 0.15) is 10.5 Å². The van der Waals surface area contributed by atoms with Gasteiger partial charge >= 0.3 is 6.09 Å². The van der Waals surface area contributed by atoms with Gasteiger partial charge < -0.3 is 15.3 Å². The van der Waals surface area contributed by atoms with E-state index in [0.29, 0.717) is 19.4 Å². The van der Waals surface area contributed by atoms with Gasteiger partial charge in [-0.25, -0.2) is 14.2 Å². The number of aromatic nitrogens is 1. The standard InChI is InChI=1S/C10H10FN3O3/c11-8-2-1-6(5-15)12-9(8)14-3-7(4-14)13-10(16)17/h1-2,5,7,13H,3-4H2,(H,16,17). The van der Waals surface area contributed by atoms with Crippen molar-refractivity contribution in [2.45, 2.75) is 6.04 Å². The third-order valence-electron chi connectivity index (χ3n) is 2.48. The molecule has 2 N–H and O–H groups in total. The molecule has 0 aliphatic carbocycles. The lowest BCUT2D eigenvalue weighted by Crippen LogP contribution is -2.59. The van der Waals surface area contributed by atoms with E-state index in [-0.39, 0.29) is 17.6 Å². The molecule has 1 aromatic rings. The third-order valence-corrected chi connectivity index (χ3v) is 2.48. The van der Waals surface area contributed by atoms with Crippen LogP contribution in [0, 0.1) is 5.82 Å². The quantitative estimate of drug-likeness (QED) is 0.750. The van der Waals surface area contributed by atoms with Crippen LogP contribution in [-0.4, -0.2) is 41.6 Å². The van der Waals surface area contributed by atoms with Crippen LogP contribution < -0.4 is 10.2 Å². The van der Waals surface area contributed by atoms with Crippen molar-refractivity contribution >= 4 is 18.2 Å². The van der Waals surface area contributed by atoms with E-state index in [9.17, 15) is 14.0 Å². The van der Waals surface area contributed by atoms with Crippen molar-refractivity contribution in [3.8, 4) is 0 Å². The van der Waals surface area contributed by atoms with E-state index >= 15 is 0 Å². The minimum Gasteiger partial charge on any atom is -0.465 e. The summed E-state index contributed by atoms with van der Waals surface area (Å²) in [7, 11) is 0. The van der Waals surface area contributed by atoms with Crippen LogP contribution in [0.15, 0.2) is 12.1 Å². The first-order valence-corrected chi connectivity index (χ1v) is 4.96. The molecular weight excluding hydrogens is 229 g/mol. The zero-order chi connectivity index (χ0) is 12.4. The van der Waals surface area contributed by atoms with Gasteiger partial charge in [0.15, 0.2) is 17.9 Å². The Hall–Kier alpha value is -2.18. The van der Waals surface area contributed by atoms with Gasteiger partial charge in [-0.3, -0.25) is 4.79 Å². The molecular formula is C10H10FN3O3. The molecule has 0 spiro atoms. The van der Waals surface area contributed by atoms with Crippen LogP contribution in [-0.2, 0) is 0 Å². The molecule has 1 saturated heterocycles. The number of halogens is 1. The molecule has 1 amide bonds. The molecule has 1 aromatic heterocycles. The maximum atomic E-state index is 13.4. The monoisotopic (exact) mass is 239 g/mol. The summed E-state index contributed by atoms with van der Waals surface area (Å²) in [4.78, 5) is 26.3. The summed E-state index contributed by atoms with van der Waals surface area (Å²) in [6, 6.07) is 2.23. The van der Waals surface area contributed by atoms with Gasteiger partial charge in [-0.2, -0.15) is 0 Å². The molecule has 0 aromatic carbocycles. The summed E-state index contributed by atoms with van der Waals surface area (Å²) in [5.74, 6) is -0.442. The molecule has 2 heterocycles. The minimum atomic E-state index is -1.11. The van der Waals surface area contributed by atoms with Gasteiger partial charge in [0, 0.05) is 13.1 Å². The number of anilines is 1. The smallest absolute Gasteiger partial charge is 0.405 e. The lowest BCUT2D eigenvalue weighted by atomic mass is 10.1. The molecule has 0 atom stereocenters. The summed E-state index contributed by atoms with van der Waals surface area (Å²) in [5, 5.41) is 10.8. The Balaban J connectivity index is 2.05. The largest absolute Gasteiger partial charge is 0.465 e. The van der Waals surface area contributed by atoms with Gasteiger partial charge in [0.1, 0.15) is 5.69 Å². The van der Waals surface area contributed by atoms with Gasteiger partial charge in [-0.05, 0) is 12.1 Å². The van der Waals surface area contributed by atoms with Crippen LogP contribution in [0.4, 0.5) is 15.0 Å². The van der Waals surface area contributed by atoms with Crippen molar-refractivity contribution in [3.63, 3.8) is 0 Å². The van der Waals surface area contributed by atoms with Crippen LogP contribution in [0.2, 0.25) is 0 Å². The Morgan fingerprint density at radius 1 is 1.59 bits per heavy atom. The second-order valence-corrected chi connectivity index (χ2v) is 3.71. The van der Waals surface area contributed by atoms with Crippen LogP contribution in [0.5, 0.6) is 0 Å². The zero-order valence-corrected chi connectivity index (χ0v) is 8.76. The molecule has 7 heteroatoms. The molecule has 0 radical (unpaired) electrons. The van der Waals surface area contributed by atoms with Gasteiger partial charge in [0.25, 0.3) is 0 Å². The van der Waals surface area contributed by atoms with Crippen molar-refractivity contribution in [3.05, 3.63) is 23.6 Å². The first kappa shape index (κ1) is 11.3. The number of pyridine rings is 1. The Bertz CT molecular complexity index is 460. The first-order chi connectivity index (χ1) is 8.10. The Labute approximate surface area is 96.1 Å². The number of rotatable bonds is 3. The topological polar surface area (TPSA) is 82.5 Å². The molecule has 1 aliphatic heterocycles. The Kier molecular flexibility index (Phi) is 2.90. The van der Waals surface area contributed by atoms with Crippen LogP contribution >= 0.6 is 0 Å². The summed E-state index contributed by atoms with van der Waals surface area (Å²) in [6.45, 7) is 0.692. The highest BCUT2D eigenvalue weighted by molar-refractivity contribution is 5.73. The fourth-order valence-electron chi connectivity index (χ4n) is 1.65. The molecule has 6 nitrogen and oxygen atoms in total. The van der Waals surface area contributed by atoms with Gasteiger partial charge in [0.2, 0.25) is 0 Å². The Morgan fingerprint density at radius 3 is 2.88 bits per heavy atom. The molecule has 0 unspecified atom stereocenters. The second-order valence-electron chi connectivity index (χ2n) is 3.71. The number of carbonyl (C=O) groups is 2. The molecule has 17 heavy (non-hydrogen) atoms. The normalized spacial score (nSPS) is 15.2. The van der Waals surface area contributed by atoms with E-state index in [0.717, 1.165) is 0 Å². The molecule has 2 rings (SSSR count). The number of carbonyl (C=O) groups excluding carboxylic acids is 1. The van der Waals surface area contributed by atoms with Crippen molar-refractivity contribution < 1.29 is 19.1 Å². The summed E-state index contributed by atoms with van der Waals surface area (Å²) in [5.41, 5.74) is 0.149. The highest BCUT2D eigenvalue weighted by Gasteiger charge is 2.30. The first-order valence-electron chi connectivity index (χ1n) is 4.96. The van der Waals surface area contributed by atoms with E-state index in [2.05, 4.69) is 10.3 Å². The van der Waals surface area contributed by atoms with E-state index in [1.165, 1.54) is 12.1 Å². The highest BCUT2D eigenvalue weighted by Crippen LogP contribution is 2.22. The van der Waals surface area contributed by atoms with Crippen LogP contribution in [0.25, 0.3) is 0 Å². The van der Waals surface area contributed by atoms with Crippen molar-refractivity contribution in [1.29, 1.82) is 0 Å². The van der Waals surface area contributed by atoms with Crippen LogP contribution in [0.3, 0.4) is 0 Å². The van der Waals surface area contributed by atoms with E-state index in [1.54, 1.807) is 4.90 Å². The van der Waals surface area contributed by atoms with Crippen molar-refractivity contribution in [2.24, 2.45) is 0 Å². The summed E-state index contributed by atoms with van der Waals surface area (Å²) in [6.07, 6.45) is -0.569. The molecule has 1 aliphatic rings. The second kappa shape index (κ2) is 4.36. The van der Waals surface area contributed by atoms with E-state index in [1.807, 2.05) is 0 Å². The summed E-state index contributed by atoms with van der Waals surface area (Å²) >= 11 is 0. The molecule has 1 fully saturated rings. The number of aldehydes is 1. The average Bonchev–Trinajstić information content (AvgIpc) is 2.24. The number of nitrogens with zero attached hydrogens (tertiary/aromatic N) is 2. The zero-order valence-electron chi connectivity index (χ0n) is 8.76. The summed E-state index contributed by atoms with van der Waals surface area (Å²) < 4.78 is 13.4. The maximum Gasteiger partial charge on any atom is 0.405 e. The van der Waals surface area contributed by atoms with E-state index in [4.69, 9.17) is 5.11 Å². The SMILES string of the molecule is O=Cc1ccc(F)c(N2CC(NC(=O)O)C2)n1. The predicted octanol–water partition coefficient (Wildman–Crippen LogP) is 0.489. The lowest BCUT2D eigenvalue weighted by molar-refractivity contribution is 0.111. The fourth-order valence-corrected chi connectivity index (χ4v) is 1.65. The number of nitrogens with one attached hydrogen (secondary N) is 1. The lowest BCUT2D eigenvalue weighted by Gasteiger charge is -2.39. The molecule has 90 valence electrons. The highest BCUT2D eigenvalue weighted by atomic mass is 19.1. The van der Waals surface area contributed by atoms with E-state index < -0.39 is 11.9 Å². The minimum absolute atomic E-state index is 0.0815. The number of hydrogen-bond acceptors (Lipinski definition) is 4. The van der Waals surface area contributed by atoms with Gasteiger partial charge in [0.05, 0.1) is 6.04 Å². The number of carboxylic acid groups (broad SMARTS) is 1. The Morgan fingerprint density at radius 2 is 2.29 bits per heavy atom. The van der Waals surface area contributed by atoms with Crippen molar-refractivity contribution in [1.82, 2.24) is 10.3 Å². The number of amides is 1. The predicted molar refractivity (Wildman–Crippen MR) is 56.7 cm³/mol. The maximum absolute atomic E-state index is 13.4. The van der Waals surface area contributed by atoms with Gasteiger partial charge in [-0.15, -0.1) is 0 Å². The molecule has 0 bridgehead atoms. The number of hydrogen-bond donors (Lipinski definition) is 2. The third kappa shape index (κ3) is 2.32.